The second-order valence-electron chi connectivity index (χ2n) is 4.21. The van der Waals surface area contributed by atoms with E-state index in [2.05, 4.69) is 0 Å². The molecule has 2 N–H and O–H groups in total. The largest absolute Gasteiger partial charge is 0.477 e. The Balaban J connectivity index is 2.46. The lowest BCUT2D eigenvalue weighted by molar-refractivity contribution is 0.188. The van der Waals surface area contributed by atoms with Crippen molar-refractivity contribution in [3.63, 3.8) is 0 Å². The van der Waals surface area contributed by atoms with Gasteiger partial charge in [-0.25, -0.2) is 13.2 Å². The molecule has 0 saturated heterocycles. The highest BCUT2D eigenvalue weighted by Gasteiger charge is 2.29. The highest BCUT2D eigenvalue weighted by atomic mass is 32.1. The van der Waals surface area contributed by atoms with Crippen LogP contribution in [-0.2, 0) is 0 Å². The molecular weight excluding hydrogens is 313 g/mol. The predicted octanol–water partition coefficient (Wildman–Crippen LogP) is 3.83. The molecule has 1 unspecified atom stereocenters. The van der Waals surface area contributed by atoms with Crippen LogP contribution in [0.25, 0.3) is 0 Å². The lowest BCUT2D eigenvalue weighted by Crippen LogP contribution is -2.20. The Hall–Kier alpha value is -1.67. The van der Waals surface area contributed by atoms with E-state index in [1.54, 1.807) is 18.4 Å². The molecule has 1 aromatic carbocycles. The molecule has 1 atom stereocenters. The molecule has 0 aliphatic rings. The summed E-state index contributed by atoms with van der Waals surface area (Å²) in [4.78, 5) is 0.557. The molecule has 21 heavy (non-hydrogen) atoms. The number of nitrogens with two attached hydrogens (primary N) is 1. The van der Waals surface area contributed by atoms with Crippen LogP contribution in [0.15, 0.2) is 11.4 Å². The van der Waals surface area contributed by atoms with Crippen LogP contribution in [-0.4, -0.2) is 6.54 Å². The lowest BCUT2D eigenvalue weighted by Gasteiger charge is -2.18. The average molecular weight is 323 g/mol. The van der Waals surface area contributed by atoms with Crippen LogP contribution in [0.2, 0.25) is 0 Å². The van der Waals surface area contributed by atoms with Gasteiger partial charge in [-0.1, -0.05) is 0 Å². The summed E-state index contributed by atoms with van der Waals surface area (Å²) in [5.41, 5.74) is 6.21. The second-order valence-corrected chi connectivity index (χ2v) is 5.16. The quantitative estimate of drug-likeness (QED) is 0.527. The minimum absolute atomic E-state index is 0.180. The third kappa shape index (κ3) is 2.73. The van der Waals surface area contributed by atoms with Crippen LogP contribution in [0.5, 0.6) is 5.75 Å². The molecule has 0 radical (unpaired) electrons. The van der Waals surface area contributed by atoms with Crippen LogP contribution in [0.1, 0.15) is 16.5 Å². The molecule has 2 rings (SSSR count). The highest BCUT2D eigenvalue weighted by molar-refractivity contribution is 7.10. The van der Waals surface area contributed by atoms with Gasteiger partial charge < -0.3 is 10.5 Å². The Kier molecular flexibility index (Phi) is 4.48. The maximum atomic E-state index is 13.6. The SMILES string of the molecule is Cc1ccsc1C(CN)Oc1c(F)c(F)c(F)c(F)c1F. The number of aryl methyl sites for hydroxylation is 1. The van der Waals surface area contributed by atoms with Crippen LogP contribution in [0, 0.1) is 36.0 Å². The first-order valence-electron chi connectivity index (χ1n) is 5.80. The minimum Gasteiger partial charge on any atom is -0.477 e. The fourth-order valence-electron chi connectivity index (χ4n) is 1.75. The smallest absolute Gasteiger partial charge is 0.207 e. The molecule has 2 aromatic rings. The van der Waals surface area contributed by atoms with Gasteiger partial charge in [0.2, 0.25) is 29.1 Å². The summed E-state index contributed by atoms with van der Waals surface area (Å²) in [6, 6.07) is 1.73. The van der Waals surface area contributed by atoms with E-state index in [1.165, 1.54) is 11.3 Å². The van der Waals surface area contributed by atoms with Gasteiger partial charge in [0, 0.05) is 11.4 Å². The minimum atomic E-state index is -2.23. The fourth-order valence-corrected chi connectivity index (χ4v) is 2.72. The number of hydrogen-bond acceptors (Lipinski definition) is 3. The highest BCUT2D eigenvalue weighted by Crippen LogP contribution is 2.34. The summed E-state index contributed by atoms with van der Waals surface area (Å²) >= 11 is 1.21. The topological polar surface area (TPSA) is 35.2 Å². The van der Waals surface area contributed by atoms with Gasteiger partial charge in [-0.2, -0.15) is 8.78 Å². The van der Waals surface area contributed by atoms with E-state index < -0.39 is 40.9 Å². The average Bonchev–Trinajstić information content (AvgIpc) is 2.89. The summed E-state index contributed by atoms with van der Waals surface area (Å²) in [7, 11) is 0. The maximum Gasteiger partial charge on any atom is 0.207 e. The zero-order valence-electron chi connectivity index (χ0n) is 10.7. The molecule has 0 aliphatic carbocycles. The third-order valence-corrected chi connectivity index (χ3v) is 3.95. The van der Waals surface area contributed by atoms with Crippen molar-refractivity contribution in [2.45, 2.75) is 13.0 Å². The van der Waals surface area contributed by atoms with Gasteiger partial charge in [0.05, 0.1) is 0 Å². The van der Waals surface area contributed by atoms with Crippen LogP contribution < -0.4 is 10.5 Å². The van der Waals surface area contributed by atoms with Crippen molar-refractivity contribution in [1.29, 1.82) is 0 Å². The van der Waals surface area contributed by atoms with Crippen LogP contribution in [0.4, 0.5) is 22.0 Å². The van der Waals surface area contributed by atoms with Crippen molar-refractivity contribution in [3.05, 3.63) is 51.0 Å². The van der Waals surface area contributed by atoms with E-state index >= 15 is 0 Å². The van der Waals surface area contributed by atoms with E-state index in [1.807, 2.05) is 0 Å². The number of benzene rings is 1. The monoisotopic (exact) mass is 323 g/mol. The maximum absolute atomic E-state index is 13.6. The van der Waals surface area contributed by atoms with Crippen LogP contribution in [0.3, 0.4) is 0 Å². The molecule has 0 aliphatic heterocycles. The van der Waals surface area contributed by atoms with Gasteiger partial charge in [0.1, 0.15) is 6.10 Å². The standard InChI is InChI=1S/C13H10F5NOS/c1-5-2-3-21-13(5)6(4-19)20-12-10(17)8(15)7(14)9(16)11(12)18/h2-3,6H,4,19H2,1H3. The summed E-state index contributed by atoms with van der Waals surface area (Å²) in [6.45, 7) is 1.54. The van der Waals surface area contributed by atoms with Gasteiger partial charge in [-0.3, -0.25) is 0 Å². The van der Waals surface area contributed by atoms with Gasteiger partial charge in [-0.05, 0) is 23.9 Å². The molecule has 2 nitrogen and oxygen atoms in total. The number of ether oxygens (including phenoxy) is 1. The molecule has 0 spiro atoms. The van der Waals surface area contributed by atoms with Gasteiger partial charge in [0.15, 0.2) is 5.75 Å². The van der Waals surface area contributed by atoms with Gasteiger partial charge in [-0.15, -0.1) is 11.3 Å². The molecular formula is C13H10F5NOS. The molecule has 0 fully saturated rings. The Bertz CT molecular complexity index is 644. The van der Waals surface area contributed by atoms with E-state index in [0.717, 1.165) is 5.56 Å². The van der Waals surface area contributed by atoms with Gasteiger partial charge >= 0.3 is 0 Å². The molecule has 1 aromatic heterocycles. The van der Waals surface area contributed by atoms with Crippen LogP contribution >= 0.6 is 11.3 Å². The summed E-state index contributed by atoms with van der Waals surface area (Å²) < 4.78 is 71.2. The number of halogens is 5. The zero-order valence-corrected chi connectivity index (χ0v) is 11.5. The first-order valence-corrected chi connectivity index (χ1v) is 6.68. The summed E-state index contributed by atoms with van der Waals surface area (Å²) in [5.74, 6) is -11.7. The van der Waals surface area contributed by atoms with E-state index in [0.29, 0.717) is 4.88 Å². The predicted molar refractivity (Wildman–Crippen MR) is 67.7 cm³/mol. The molecule has 0 amide bonds. The molecule has 114 valence electrons. The Morgan fingerprint density at radius 3 is 2.00 bits per heavy atom. The second kappa shape index (κ2) is 5.98. The number of thiophene rings is 1. The molecule has 0 saturated carbocycles. The number of rotatable bonds is 4. The lowest BCUT2D eigenvalue weighted by atomic mass is 10.2. The molecule has 8 heteroatoms. The van der Waals surface area contributed by atoms with Crippen molar-refractivity contribution >= 4 is 11.3 Å². The Morgan fingerprint density at radius 2 is 1.57 bits per heavy atom. The fraction of sp³-hybridized carbons (Fsp3) is 0.231. The Morgan fingerprint density at radius 1 is 1.05 bits per heavy atom. The summed E-state index contributed by atoms with van der Waals surface area (Å²) in [5, 5.41) is 1.70. The van der Waals surface area contributed by atoms with E-state index in [9.17, 15) is 22.0 Å². The van der Waals surface area contributed by atoms with Crippen molar-refractivity contribution in [1.82, 2.24) is 0 Å². The normalized spacial score (nSPS) is 12.5. The Labute approximate surface area is 121 Å². The third-order valence-electron chi connectivity index (χ3n) is 2.84. The number of hydrogen-bond donors (Lipinski definition) is 1. The first kappa shape index (κ1) is 15.7. The molecule has 1 heterocycles. The first-order chi connectivity index (χ1) is 9.88. The van der Waals surface area contributed by atoms with Crippen molar-refractivity contribution in [2.24, 2.45) is 5.73 Å². The zero-order chi connectivity index (χ0) is 15.7. The van der Waals surface area contributed by atoms with Crippen molar-refractivity contribution < 1.29 is 26.7 Å². The van der Waals surface area contributed by atoms with E-state index in [4.69, 9.17) is 10.5 Å². The van der Waals surface area contributed by atoms with E-state index in [-0.39, 0.29) is 6.54 Å². The van der Waals surface area contributed by atoms with Gasteiger partial charge in [0.25, 0.3) is 0 Å². The van der Waals surface area contributed by atoms with Crippen molar-refractivity contribution in [2.75, 3.05) is 6.54 Å². The molecule has 0 bridgehead atoms. The van der Waals surface area contributed by atoms with Crippen molar-refractivity contribution in [3.8, 4) is 5.75 Å². The summed E-state index contributed by atoms with van der Waals surface area (Å²) in [6.07, 6.45) is -1.00.